The maximum atomic E-state index is 13.4. The third kappa shape index (κ3) is 4.10. The molecule has 6 rings (SSSR count). The van der Waals surface area contributed by atoms with Crippen LogP contribution in [0.4, 0.5) is 0 Å². The van der Waals surface area contributed by atoms with Crippen LogP contribution in [0.15, 0.2) is 79.0 Å². The number of aryl methyl sites for hydroxylation is 1. The lowest BCUT2D eigenvalue weighted by molar-refractivity contribution is -0.122. The highest BCUT2D eigenvalue weighted by atomic mass is 35.5. The van der Waals surface area contributed by atoms with E-state index in [9.17, 15) is 9.59 Å². The number of carbonyl (C=O) groups excluding carboxylic acids is 2. The summed E-state index contributed by atoms with van der Waals surface area (Å²) in [6.07, 6.45) is 2.80. The molecule has 0 atom stereocenters. The van der Waals surface area contributed by atoms with Gasteiger partial charge in [0.25, 0.3) is 11.8 Å². The number of para-hydroxylation sites is 2. The zero-order valence-corrected chi connectivity index (χ0v) is 21.9. The van der Waals surface area contributed by atoms with E-state index < -0.39 is 11.8 Å². The van der Waals surface area contributed by atoms with Crippen LogP contribution in [-0.2, 0) is 16.1 Å². The number of hydrogen-bond acceptors (Lipinski definition) is 4. The van der Waals surface area contributed by atoms with Gasteiger partial charge in [0.1, 0.15) is 5.69 Å². The zero-order valence-electron chi connectivity index (χ0n) is 21.1. The van der Waals surface area contributed by atoms with Gasteiger partial charge < -0.3 is 9.47 Å². The molecule has 190 valence electrons. The number of nitrogens with one attached hydrogen (secondary N) is 1. The Morgan fingerprint density at radius 1 is 0.868 bits per heavy atom. The maximum absolute atomic E-state index is 13.4. The van der Waals surface area contributed by atoms with Crippen molar-refractivity contribution >= 4 is 56.4 Å². The van der Waals surface area contributed by atoms with E-state index in [4.69, 9.17) is 16.7 Å². The van der Waals surface area contributed by atoms with Gasteiger partial charge >= 0.3 is 0 Å². The third-order valence-corrected chi connectivity index (χ3v) is 7.11. The number of aromatic nitrogens is 3. The van der Waals surface area contributed by atoms with Gasteiger partial charge in [-0.1, -0.05) is 48.0 Å². The summed E-state index contributed by atoms with van der Waals surface area (Å²) in [7, 11) is 4.08. The molecule has 1 N–H and O–H groups in total. The van der Waals surface area contributed by atoms with E-state index in [0.717, 1.165) is 40.5 Å². The van der Waals surface area contributed by atoms with Crippen LogP contribution in [-0.4, -0.2) is 51.7 Å². The number of halogens is 1. The molecule has 38 heavy (non-hydrogen) atoms. The molecule has 0 saturated heterocycles. The van der Waals surface area contributed by atoms with Crippen molar-refractivity contribution < 1.29 is 9.59 Å². The summed E-state index contributed by atoms with van der Waals surface area (Å²) in [5, 5.41) is 9.58. The lowest BCUT2D eigenvalue weighted by atomic mass is 9.97. The highest BCUT2D eigenvalue weighted by molar-refractivity contribution is 6.50. The van der Waals surface area contributed by atoms with Crippen molar-refractivity contribution in [1.29, 1.82) is 0 Å². The van der Waals surface area contributed by atoms with Gasteiger partial charge in [0.15, 0.2) is 0 Å². The first-order valence-corrected chi connectivity index (χ1v) is 12.9. The topological polar surface area (TPSA) is 72.2 Å². The summed E-state index contributed by atoms with van der Waals surface area (Å²) in [4.78, 5) is 28.8. The molecule has 0 fully saturated rings. The molecule has 1 aliphatic heterocycles. The fourth-order valence-corrected chi connectivity index (χ4v) is 5.33. The second kappa shape index (κ2) is 9.59. The first-order chi connectivity index (χ1) is 18.4. The number of nitrogens with zero attached hydrogens (tertiary/aromatic N) is 4. The summed E-state index contributed by atoms with van der Waals surface area (Å²) < 4.78 is 3.94. The molecule has 7 nitrogen and oxygen atoms in total. The van der Waals surface area contributed by atoms with Gasteiger partial charge in [-0.3, -0.25) is 19.6 Å². The molecule has 3 heterocycles. The van der Waals surface area contributed by atoms with Gasteiger partial charge in [-0.05, 0) is 63.5 Å². The standard InChI is InChI=1S/C30H26ClN5O2/c1-34(2)15-8-16-36-25-12-7-6-11-21(25)28(33-36)27-26(29(37)32-30(27)38)23-18-35(20-9-4-3-5-10-20)24-14-13-19(31)17-22(23)24/h3-7,9-14,17-18H,8,15-16H2,1-2H3,(H,32,37,38). The van der Waals surface area contributed by atoms with Crippen LogP contribution in [0, 0.1) is 0 Å². The molecule has 2 amide bonds. The van der Waals surface area contributed by atoms with Gasteiger partial charge in [-0.15, -0.1) is 0 Å². The van der Waals surface area contributed by atoms with E-state index in [1.165, 1.54) is 0 Å². The molecule has 3 aromatic carbocycles. The number of carbonyl (C=O) groups is 2. The average molecular weight is 524 g/mol. The van der Waals surface area contributed by atoms with Crippen LogP contribution < -0.4 is 5.32 Å². The molecule has 0 radical (unpaired) electrons. The van der Waals surface area contributed by atoms with E-state index in [0.29, 0.717) is 28.4 Å². The molecule has 1 aliphatic rings. The van der Waals surface area contributed by atoms with Crippen molar-refractivity contribution in [3.05, 3.63) is 95.3 Å². The van der Waals surface area contributed by atoms with Crippen LogP contribution in [0.25, 0.3) is 38.6 Å². The molecule has 0 unspecified atom stereocenters. The fraction of sp³-hybridized carbons (Fsp3) is 0.167. The lowest BCUT2D eigenvalue weighted by Gasteiger charge is -2.09. The molecule has 0 aliphatic carbocycles. The Morgan fingerprint density at radius 3 is 2.39 bits per heavy atom. The third-order valence-electron chi connectivity index (χ3n) is 6.87. The first-order valence-electron chi connectivity index (χ1n) is 12.5. The molecule has 2 aromatic heterocycles. The fourth-order valence-electron chi connectivity index (χ4n) is 5.16. The largest absolute Gasteiger partial charge is 0.316 e. The number of benzene rings is 3. The Bertz CT molecular complexity index is 1750. The predicted octanol–water partition coefficient (Wildman–Crippen LogP) is 5.15. The average Bonchev–Trinajstić information content (AvgIpc) is 3.54. The normalized spacial score (nSPS) is 13.9. The number of rotatable bonds is 7. The second-order valence-corrected chi connectivity index (χ2v) is 10.1. The summed E-state index contributed by atoms with van der Waals surface area (Å²) in [6, 6.07) is 23.3. The van der Waals surface area contributed by atoms with E-state index in [2.05, 4.69) is 10.2 Å². The Hall–Kier alpha value is -4.20. The highest BCUT2D eigenvalue weighted by Gasteiger charge is 2.36. The summed E-state index contributed by atoms with van der Waals surface area (Å²) in [6.45, 7) is 1.61. The predicted molar refractivity (Wildman–Crippen MR) is 151 cm³/mol. The Balaban J connectivity index is 1.59. The van der Waals surface area contributed by atoms with E-state index >= 15 is 0 Å². The lowest BCUT2D eigenvalue weighted by Crippen LogP contribution is -2.22. The zero-order chi connectivity index (χ0) is 26.4. The highest BCUT2D eigenvalue weighted by Crippen LogP contribution is 2.39. The Morgan fingerprint density at radius 2 is 1.61 bits per heavy atom. The number of imide groups is 1. The van der Waals surface area contributed by atoms with Crippen molar-refractivity contribution in [2.45, 2.75) is 13.0 Å². The van der Waals surface area contributed by atoms with Crippen LogP contribution in [0.3, 0.4) is 0 Å². The van der Waals surface area contributed by atoms with E-state index in [1.54, 1.807) is 0 Å². The van der Waals surface area contributed by atoms with Crippen molar-refractivity contribution in [2.75, 3.05) is 20.6 Å². The summed E-state index contributed by atoms with van der Waals surface area (Å²) in [5.41, 5.74) is 4.48. The maximum Gasteiger partial charge on any atom is 0.261 e. The van der Waals surface area contributed by atoms with Crippen LogP contribution in [0.5, 0.6) is 0 Å². The number of amides is 2. The van der Waals surface area contributed by atoms with E-state index in [1.807, 2.05) is 102 Å². The van der Waals surface area contributed by atoms with Gasteiger partial charge in [-0.25, -0.2) is 0 Å². The number of hydrogen-bond donors (Lipinski definition) is 1. The van der Waals surface area contributed by atoms with Crippen molar-refractivity contribution in [3.63, 3.8) is 0 Å². The van der Waals surface area contributed by atoms with Crippen LogP contribution in [0.2, 0.25) is 5.02 Å². The van der Waals surface area contributed by atoms with E-state index in [-0.39, 0.29) is 5.57 Å². The van der Waals surface area contributed by atoms with Gasteiger partial charge in [0.2, 0.25) is 0 Å². The molecule has 0 bridgehead atoms. The van der Waals surface area contributed by atoms with Crippen molar-refractivity contribution in [1.82, 2.24) is 24.6 Å². The molecule has 8 heteroatoms. The van der Waals surface area contributed by atoms with Gasteiger partial charge in [0.05, 0.1) is 22.2 Å². The SMILES string of the molecule is CN(C)CCCn1nc(C2=C(c3cn(-c4ccccc4)c4ccc(Cl)cc34)C(=O)NC2=O)c2ccccc21. The molecule has 0 spiro atoms. The van der Waals surface area contributed by atoms with Crippen molar-refractivity contribution in [3.8, 4) is 5.69 Å². The molecular formula is C30H26ClN5O2. The van der Waals surface area contributed by atoms with Crippen LogP contribution >= 0.6 is 11.6 Å². The Kier molecular flexibility index (Phi) is 6.10. The molecule has 0 saturated carbocycles. The second-order valence-electron chi connectivity index (χ2n) is 9.69. The van der Waals surface area contributed by atoms with Crippen molar-refractivity contribution in [2.24, 2.45) is 0 Å². The summed E-state index contributed by atoms with van der Waals surface area (Å²) in [5.74, 6) is -0.889. The van der Waals surface area contributed by atoms with Gasteiger partial charge in [0, 0.05) is 39.8 Å². The minimum absolute atomic E-state index is 0.282. The minimum Gasteiger partial charge on any atom is -0.316 e. The smallest absolute Gasteiger partial charge is 0.261 e. The quantitative estimate of drug-likeness (QED) is 0.299. The minimum atomic E-state index is -0.448. The van der Waals surface area contributed by atoms with Gasteiger partial charge in [-0.2, -0.15) is 5.10 Å². The Labute approximate surface area is 224 Å². The molecular weight excluding hydrogens is 498 g/mol. The molecule has 5 aromatic rings. The monoisotopic (exact) mass is 523 g/mol. The first kappa shape index (κ1) is 24.2. The number of fused-ring (bicyclic) bond motifs is 2. The summed E-state index contributed by atoms with van der Waals surface area (Å²) >= 11 is 6.41. The van der Waals surface area contributed by atoms with Crippen LogP contribution in [0.1, 0.15) is 17.7 Å².